The van der Waals surface area contributed by atoms with Crippen LogP contribution in [0, 0.1) is 0 Å². The first kappa shape index (κ1) is 26.7. The highest BCUT2D eigenvalue weighted by Gasteiger charge is 2.28. The zero-order chi connectivity index (χ0) is 26.2. The van der Waals surface area contributed by atoms with Gasteiger partial charge in [0.1, 0.15) is 11.4 Å². The quantitative estimate of drug-likeness (QED) is 0.240. The molecule has 7 nitrogen and oxygen atoms in total. The number of likely N-dealkylation sites (tertiary alicyclic amines) is 1. The number of halogens is 1. The summed E-state index contributed by atoms with van der Waals surface area (Å²) in [5, 5.41) is 7.83. The van der Waals surface area contributed by atoms with Crippen LogP contribution in [-0.4, -0.2) is 45.0 Å². The van der Waals surface area contributed by atoms with Crippen LogP contribution in [0.5, 0.6) is 0 Å². The Bertz CT molecular complexity index is 1270. The molecule has 0 unspecified atom stereocenters. The maximum atomic E-state index is 13.8. The summed E-state index contributed by atoms with van der Waals surface area (Å²) in [5.74, 6) is 0.675. The Hall–Kier alpha value is -3.36. The van der Waals surface area contributed by atoms with Gasteiger partial charge in [-0.1, -0.05) is 35.0 Å². The zero-order valence-electron chi connectivity index (χ0n) is 21.4. The van der Waals surface area contributed by atoms with Gasteiger partial charge in [-0.2, -0.15) is 0 Å². The van der Waals surface area contributed by atoms with E-state index < -0.39 is 0 Å². The molecular formula is C28H32ClN5O2S. The number of nitrogens with one attached hydrogen (secondary N) is 1. The predicted molar refractivity (Wildman–Crippen MR) is 150 cm³/mol. The van der Waals surface area contributed by atoms with Gasteiger partial charge >= 0.3 is 0 Å². The molecule has 1 fully saturated rings. The van der Waals surface area contributed by atoms with Gasteiger partial charge in [-0.3, -0.25) is 9.78 Å². The third-order valence-corrected chi connectivity index (χ3v) is 7.57. The molecule has 0 aliphatic carbocycles. The van der Waals surface area contributed by atoms with Crippen LogP contribution in [0.3, 0.4) is 0 Å². The Morgan fingerprint density at radius 1 is 1.24 bits per heavy atom. The zero-order valence-corrected chi connectivity index (χ0v) is 22.9. The van der Waals surface area contributed by atoms with Gasteiger partial charge in [-0.15, -0.1) is 11.3 Å². The lowest BCUT2D eigenvalue weighted by atomic mass is 10.0. The van der Waals surface area contributed by atoms with Crippen LogP contribution in [0.4, 0.5) is 5.69 Å². The second kappa shape index (κ2) is 12.7. The number of hydrogen-bond donors (Lipinski definition) is 1. The smallest absolute Gasteiger partial charge is 0.270 e. The minimum atomic E-state index is 0.00965. The number of aromatic nitrogens is 2. The number of carbonyl (C=O) groups excluding carboxylic acids is 1. The summed E-state index contributed by atoms with van der Waals surface area (Å²) < 4.78 is 6.29. The molecule has 1 amide bonds. The summed E-state index contributed by atoms with van der Waals surface area (Å²) in [7, 11) is 0. The Balaban J connectivity index is 1.49. The largest absolute Gasteiger partial charge is 0.382 e. The number of nitrogens with zero attached hydrogens (tertiary/aromatic N) is 4. The Morgan fingerprint density at radius 3 is 2.65 bits per heavy atom. The van der Waals surface area contributed by atoms with Crippen molar-refractivity contribution in [3.05, 3.63) is 88.5 Å². The standard InChI is InChI=1S/C28H32ClN5O2S/c1-4-6-7-24(28(35)33-16-12-22(13-17-33)31-21-10-14-30-15-11-21)34(20(3)5-2)19-23-18-25(36-32-23)26-8-9-27(29)37-26/h4-11,14-15,18,22H,12-13,16-17,19H2,1-3H3,(H,30,31)/b6-4+,20-5+,24-7-. The molecule has 4 rings (SSSR count). The van der Waals surface area contributed by atoms with E-state index in [1.807, 2.05) is 85.2 Å². The van der Waals surface area contributed by atoms with E-state index >= 15 is 0 Å². The van der Waals surface area contributed by atoms with Gasteiger partial charge in [0, 0.05) is 49.0 Å². The Labute approximate surface area is 227 Å². The topological polar surface area (TPSA) is 74.5 Å². The fourth-order valence-electron chi connectivity index (χ4n) is 4.20. The van der Waals surface area contributed by atoms with Gasteiger partial charge in [0.05, 0.1) is 15.8 Å². The molecule has 0 bridgehead atoms. The van der Waals surface area contributed by atoms with E-state index in [0.717, 1.165) is 34.8 Å². The summed E-state index contributed by atoms with van der Waals surface area (Å²) in [6.45, 7) is 7.70. The van der Waals surface area contributed by atoms with E-state index in [4.69, 9.17) is 16.1 Å². The maximum absolute atomic E-state index is 13.8. The Kier molecular flexibility index (Phi) is 9.19. The van der Waals surface area contributed by atoms with E-state index in [1.54, 1.807) is 12.4 Å². The van der Waals surface area contributed by atoms with Gasteiger partial charge in [0.25, 0.3) is 5.91 Å². The van der Waals surface area contributed by atoms with Crippen molar-refractivity contribution in [3.63, 3.8) is 0 Å². The SMILES string of the molecule is C/C=C/C=C(/C(=O)N1CCC(Nc2ccncc2)CC1)N(Cc1cc(-c2ccc(Cl)s2)on1)/C(C)=C/C. The molecule has 1 saturated heterocycles. The average molecular weight is 538 g/mol. The molecule has 9 heteroatoms. The number of thiophene rings is 1. The second-order valence-corrected chi connectivity index (χ2v) is 10.5. The number of anilines is 1. The summed E-state index contributed by atoms with van der Waals surface area (Å²) in [5.41, 5.74) is 3.36. The number of pyridine rings is 1. The molecule has 0 atom stereocenters. The summed E-state index contributed by atoms with van der Waals surface area (Å²) >= 11 is 7.53. The normalized spacial score (nSPS) is 15.4. The van der Waals surface area contributed by atoms with Crippen molar-refractivity contribution in [1.82, 2.24) is 19.9 Å². The van der Waals surface area contributed by atoms with Crippen molar-refractivity contribution in [2.24, 2.45) is 0 Å². The van der Waals surface area contributed by atoms with Gasteiger partial charge < -0.3 is 19.6 Å². The molecule has 1 N–H and O–H groups in total. The van der Waals surface area contributed by atoms with Crippen LogP contribution >= 0.6 is 22.9 Å². The molecule has 0 aromatic carbocycles. The van der Waals surface area contributed by atoms with Crippen LogP contribution in [0.25, 0.3) is 10.6 Å². The van der Waals surface area contributed by atoms with E-state index in [0.29, 0.717) is 41.5 Å². The lowest BCUT2D eigenvalue weighted by Gasteiger charge is -2.36. The van der Waals surface area contributed by atoms with Crippen LogP contribution < -0.4 is 5.32 Å². The van der Waals surface area contributed by atoms with E-state index in [-0.39, 0.29) is 5.91 Å². The third-order valence-electron chi connectivity index (χ3n) is 6.33. The number of amides is 1. The molecule has 0 radical (unpaired) electrons. The van der Waals surface area contributed by atoms with Crippen molar-refractivity contribution >= 4 is 34.5 Å². The molecule has 0 spiro atoms. The van der Waals surface area contributed by atoms with E-state index in [9.17, 15) is 4.79 Å². The molecule has 194 valence electrons. The highest BCUT2D eigenvalue weighted by atomic mass is 35.5. The van der Waals surface area contributed by atoms with Crippen LogP contribution in [0.1, 0.15) is 39.3 Å². The van der Waals surface area contributed by atoms with Crippen LogP contribution in [-0.2, 0) is 11.3 Å². The lowest BCUT2D eigenvalue weighted by molar-refractivity contribution is -0.129. The molecule has 37 heavy (non-hydrogen) atoms. The van der Waals surface area contributed by atoms with Crippen molar-refractivity contribution in [3.8, 4) is 10.6 Å². The minimum Gasteiger partial charge on any atom is -0.382 e. The van der Waals surface area contributed by atoms with Gasteiger partial charge in [-0.05, 0) is 64.0 Å². The molecule has 3 aromatic heterocycles. The fourth-order valence-corrected chi connectivity index (χ4v) is 5.20. The molecular weight excluding hydrogens is 506 g/mol. The molecule has 1 aliphatic heterocycles. The molecule has 1 aliphatic rings. The average Bonchev–Trinajstić information content (AvgIpc) is 3.57. The van der Waals surface area contributed by atoms with Gasteiger partial charge in [0.15, 0.2) is 5.76 Å². The number of allylic oxidation sites excluding steroid dienone is 5. The van der Waals surface area contributed by atoms with Gasteiger partial charge in [-0.25, -0.2) is 0 Å². The van der Waals surface area contributed by atoms with Crippen molar-refractivity contribution in [2.75, 3.05) is 18.4 Å². The minimum absolute atomic E-state index is 0.00965. The molecule has 3 aromatic rings. The Morgan fingerprint density at radius 2 is 2.00 bits per heavy atom. The third kappa shape index (κ3) is 6.90. The maximum Gasteiger partial charge on any atom is 0.270 e. The number of piperidine rings is 1. The predicted octanol–water partition coefficient (Wildman–Crippen LogP) is 6.74. The van der Waals surface area contributed by atoms with Crippen molar-refractivity contribution < 1.29 is 9.32 Å². The highest BCUT2D eigenvalue weighted by molar-refractivity contribution is 7.19. The van der Waals surface area contributed by atoms with Gasteiger partial charge in [0.2, 0.25) is 0 Å². The fraction of sp³-hybridized carbons (Fsp3) is 0.321. The van der Waals surface area contributed by atoms with Crippen LogP contribution in [0.15, 0.2) is 82.9 Å². The first-order valence-electron chi connectivity index (χ1n) is 12.4. The van der Waals surface area contributed by atoms with Crippen molar-refractivity contribution in [2.45, 2.75) is 46.2 Å². The lowest BCUT2D eigenvalue weighted by Crippen LogP contribution is -2.45. The van der Waals surface area contributed by atoms with E-state index in [2.05, 4.69) is 15.5 Å². The monoisotopic (exact) mass is 537 g/mol. The number of carbonyl (C=O) groups is 1. The highest BCUT2D eigenvalue weighted by Crippen LogP contribution is 2.32. The molecule has 0 saturated carbocycles. The summed E-state index contributed by atoms with van der Waals surface area (Å²) in [6.07, 6.45) is 13.0. The van der Waals surface area contributed by atoms with E-state index in [1.165, 1.54) is 11.3 Å². The van der Waals surface area contributed by atoms with Crippen molar-refractivity contribution in [1.29, 1.82) is 0 Å². The number of rotatable bonds is 9. The van der Waals surface area contributed by atoms with Crippen LogP contribution in [0.2, 0.25) is 4.34 Å². The molecule has 4 heterocycles. The first-order valence-corrected chi connectivity index (χ1v) is 13.6. The summed E-state index contributed by atoms with van der Waals surface area (Å²) in [4.78, 5) is 22.8. The number of hydrogen-bond acceptors (Lipinski definition) is 7. The second-order valence-electron chi connectivity index (χ2n) is 8.83. The summed E-state index contributed by atoms with van der Waals surface area (Å²) in [6, 6.07) is 9.92. The first-order chi connectivity index (χ1) is 18.0.